The van der Waals surface area contributed by atoms with Crippen molar-refractivity contribution in [3.05, 3.63) is 59.7 Å². The number of benzene rings is 2. The van der Waals surface area contributed by atoms with Gasteiger partial charge in [-0.3, -0.25) is 9.59 Å². The Morgan fingerprint density at radius 2 is 1.75 bits per heavy atom. The van der Waals surface area contributed by atoms with Crippen LogP contribution in [0.15, 0.2) is 48.5 Å². The smallest absolute Gasteiger partial charge is 0.257 e. The molecular weight excluding hydrogens is 397 g/mol. The Kier molecular flexibility index (Phi) is 7.18. The highest BCUT2D eigenvalue weighted by Crippen LogP contribution is 2.28. The molecule has 0 atom stereocenters. The van der Waals surface area contributed by atoms with Crippen molar-refractivity contribution in [1.29, 1.82) is 0 Å². The van der Waals surface area contributed by atoms with Gasteiger partial charge in [-0.2, -0.15) is 0 Å². The molecule has 1 aliphatic heterocycles. The molecule has 7 heteroatoms. The Labute approximate surface area is 175 Å². The first kappa shape index (κ1) is 20.5. The van der Waals surface area contributed by atoms with Gasteiger partial charge in [-0.1, -0.05) is 53.5 Å². The molecule has 2 aromatic rings. The van der Waals surface area contributed by atoms with E-state index in [-0.39, 0.29) is 5.91 Å². The second-order valence-electron chi connectivity index (χ2n) is 6.71. The van der Waals surface area contributed by atoms with Crippen LogP contribution in [0.4, 0.5) is 11.4 Å². The van der Waals surface area contributed by atoms with Crippen LogP contribution < -0.4 is 15.5 Å². The number of hydrogen-bond donors (Lipinski definition) is 2. The van der Waals surface area contributed by atoms with Gasteiger partial charge in [-0.25, -0.2) is 0 Å². The molecule has 28 heavy (non-hydrogen) atoms. The fraction of sp³-hybridized carbons (Fsp3) is 0.333. The fourth-order valence-electron chi connectivity index (χ4n) is 3.29. The molecule has 3 rings (SSSR count). The molecule has 2 amide bonds. The Balaban J connectivity index is 1.74. The van der Waals surface area contributed by atoms with E-state index in [2.05, 4.69) is 15.5 Å². The summed E-state index contributed by atoms with van der Waals surface area (Å²) in [7, 11) is 0. The van der Waals surface area contributed by atoms with Crippen LogP contribution in [0.5, 0.6) is 0 Å². The molecule has 0 bridgehead atoms. The molecule has 2 N–H and O–H groups in total. The predicted molar refractivity (Wildman–Crippen MR) is 114 cm³/mol. The average molecular weight is 420 g/mol. The van der Waals surface area contributed by atoms with Gasteiger partial charge in [0.2, 0.25) is 0 Å². The Morgan fingerprint density at radius 3 is 2.43 bits per heavy atom. The second-order valence-corrected chi connectivity index (χ2v) is 7.80. The number of anilines is 2. The van der Waals surface area contributed by atoms with E-state index in [4.69, 9.17) is 23.2 Å². The minimum absolute atomic E-state index is 0.165. The van der Waals surface area contributed by atoms with Gasteiger partial charge in [-0.05, 0) is 43.0 Å². The molecule has 0 radical (unpaired) electrons. The molecule has 0 aliphatic carbocycles. The molecule has 1 aliphatic rings. The van der Waals surface area contributed by atoms with E-state index in [1.54, 1.807) is 12.1 Å². The van der Waals surface area contributed by atoms with Crippen molar-refractivity contribution >= 4 is 46.4 Å². The zero-order chi connectivity index (χ0) is 19.9. The normalized spacial score (nSPS) is 13.6. The van der Waals surface area contributed by atoms with Crippen LogP contribution >= 0.6 is 23.2 Å². The molecule has 0 aromatic heterocycles. The first-order valence-corrected chi connectivity index (χ1v) is 10.2. The van der Waals surface area contributed by atoms with Crippen LogP contribution in [0.1, 0.15) is 28.8 Å². The van der Waals surface area contributed by atoms with Crippen LogP contribution in [0, 0.1) is 0 Å². The predicted octanol–water partition coefficient (Wildman–Crippen LogP) is 4.00. The summed E-state index contributed by atoms with van der Waals surface area (Å²) in [5, 5.41) is 5.62. The number of carbonyl (C=O) groups excluding carboxylic acids is 2. The number of alkyl halides is 2. The number of amides is 2. The zero-order valence-corrected chi connectivity index (χ0v) is 17.0. The highest BCUT2D eigenvalue weighted by Gasteiger charge is 2.21. The molecule has 2 aromatic carbocycles. The van der Waals surface area contributed by atoms with Gasteiger partial charge in [0.1, 0.15) is 0 Å². The van der Waals surface area contributed by atoms with E-state index in [0.717, 1.165) is 38.0 Å². The third kappa shape index (κ3) is 5.40. The number of nitrogens with zero attached hydrogens (tertiary/aromatic N) is 1. The number of halogens is 2. The zero-order valence-electron chi connectivity index (χ0n) is 15.5. The number of nitrogens with one attached hydrogen (secondary N) is 2. The lowest BCUT2D eigenvalue weighted by Gasteiger charge is -2.22. The molecule has 5 nitrogen and oxygen atoms in total. The summed E-state index contributed by atoms with van der Waals surface area (Å²) in [6.45, 7) is 2.37. The summed E-state index contributed by atoms with van der Waals surface area (Å²) in [5.74, 6) is -0.685. The van der Waals surface area contributed by atoms with E-state index in [1.165, 1.54) is 5.56 Å². The quantitative estimate of drug-likeness (QED) is 0.666. The molecule has 1 saturated heterocycles. The summed E-state index contributed by atoms with van der Waals surface area (Å²) in [6, 6.07) is 15.3. The van der Waals surface area contributed by atoms with Crippen molar-refractivity contribution in [3.63, 3.8) is 0 Å². The van der Waals surface area contributed by atoms with Crippen molar-refractivity contribution in [2.45, 2.75) is 24.1 Å². The van der Waals surface area contributed by atoms with Gasteiger partial charge >= 0.3 is 0 Å². The summed E-state index contributed by atoms with van der Waals surface area (Å²) >= 11 is 11.2. The molecule has 0 unspecified atom stereocenters. The minimum atomic E-state index is -1.17. The van der Waals surface area contributed by atoms with Gasteiger partial charge in [-0.15, -0.1) is 0 Å². The average Bonchev–Trinajstić information content (AvgIpc) is 3.23. The maximum atomic E-state index is 12.9. The number of rotatable bonds is 7. The minimum Gasteiger partial charge on any atom is -0.371 e. The van der Waals surface area contributed by atoms with Gasteiger partial charge in [0.05, 0.1) is 5.56 Å². The monoisotopic (exact) mass is 419 g/mol. The van der Waals surface area contributed by atoms with Crippen LogP contribution in [0.25, 0.3) is 0 Å². The van der Waals surface area contributed by atoms with Gasteiger partial charge in [0.15, 0.2) is 4.84 Å². The van der Waals surface area contributed by atoms with E-state index < -0.39 is 10.7 Å². The standard InChI is InChI=1S/C21H23Cl2N3O2/c22-19(23)21(28)25-16-8-9-18(26-12-4-5-13-26)17(14-16)20(27)24-11-10-15-6-2-1-3-7-15/h1-3,6-9,14,19H,4-5,10-13H2,(H,24,27)(H,25,28). The molecular formula is C21H23Cl2N3O2. The van der Waals surface area contributed by atoms with E-state index >= 15 is 0 Å². The van der Waals surface area contributed by atoms with E-state index in [9.17, 15) is 9.59 Å². The first-order valence-electron chi connectivity index (χ1n) is 9.35. The van der Waals surface area contributed by atoms with Gasteiger partial charge < -0.3 is 15.5 Å². The maximum absolute atomic E-state index is 12.9. The molecule has 1 fully saturated rings. The van der Waals surface area contributed by atoms with Crippen molar-refractivity contribution in [3.8, 4) is 0 Å². The Bertz CT molecular complexity index is 822. The van der Waals surface area contributed by atoms with E-state index in [1.807, 2.05) is 36.4 Å². The summed E-state index contributed by atoms with van der Waals surface area (Å²) in [5.41, 5.74) is 3.07. The molecule has 0 saturated carbocycles. The first-order chi connectivity index (χ1) is 13.5. The third-order valence-corrected chi connectivity index (χ3v) is 5.09. The van der Waals surface area contributed by atoms with Crippen molar-refractivity contribution in [2.24, 2.45) is 0 Å². The maximum Gasteiger partial charge on any atom is 0.257 e. The van der Waals surface area contributed by atoms with Crippen molar-refractivity contribution in [2.75, 3.05) is 29.9 Å². The van der Waals surface area contributed by atoms with E-state index in [0.29, 0.717) is 17.8 Å². The van der Waals surface area contributed by atoms with Crippen molar-refractivity contribution < 1.29 is 9.59 Å². The van der Waals surface area contributed by atoms with Crippen LogP contribution in [-0.4, -0.2) is 36.3 Å². The number of carbonyl (C=O) groups is 2. The fourth-order valence-corrected chi connectivity index (χ4v) is 3.40. The number of hydrogen-bond acceptors (Lipinski definition) is 3. The second kappa shape index (κ2) is 9.80. The van der Waals surface area contributed by atoms with Crippen LogP contribution in [0.3, 0.4) is 0 Å². The van der Waals surface area contributed by atoms with Crippen molar-refractivity contribution in [1.82, 2.24) is 5.32 Å². The van der Waals surface area contributed by atoms with Crippen LogP contribution in [-0.2, 0) is 11.2 Å². The topological polar surface area (TPSA) is 61.4 Å². The lowest BCUT2D eigenvalue weighted by Crippen LogP contribution is -2.29. The molecule has 1 heterocycles. The molecule has 0 spiro atoms. The lowest BCUT2D eigenvalue weighted by atomic mass is 10.1. The molecule has 148 valence electrons. The van der Waals surface area contributed by atoms with Crippen LogP contribution in [0.2, 0.25) is 0 Å². The summed E-state index contributed by atoms with van der Waals surface area (Å²) < 4.78 is 0. The highest BCUT2D eigenvalue weighted by molar-refractivity contribution is 6.54. The highest BCUT2D eigenvalue weighted by atomic mass is 35.5. The largest absolute Gasteiger partial charge is 0.371 e. The summed E-state index contributed by atoms with van der Waals surface area (Å²) in [6.07, 6.45) is 2.96. The van der Waals surface area contributed by atoms with Gasteiger partial charge in [0, 0.05) is 31.0 Å². The summed E-state index contributed by atoms with van der Waals surface area (Å²) in [4.78, 5) is 25.7. The lowest BCUT2D eigenvalue weighted by molar-refractivity contribution is -0.114. The van der Waals surface area contributed by atoms with Gasteiger partial charge in [0.25, 0.3) is 11.8 Å². The Hall–Kier alpha value is -2.24. The third-order valence-electron chi connectivity index (χ3n) is 4.70. The Morgan fingerprint density at radius 1 is 1.04 bits per heavy atom. The SMILES string of the molecule is O=C(NCCc1ccccc1)c1cc(NC(=O)C(Cl)Cl)ccc1N1CCCC1.